The second-order valence-electron chi connectivity index (χ2n) is 6.78. The number of hydrogen-bond donors (Lipinski definition) is 0. The van der Waals surface area contributed by atoms with Crippen LogP contribution in [0.4, 0.5) is 5.69 Å². The Labute approximate surface area is 152 Å². The smallest absolute Gasteiger partial charge is 0.232 e. The van der Waals surface area contributed by atoms with Crippen molar-refractivity contribution in [3.8, 4) is 0 Å². The molecule has 0 spiro atoms. The highest BCUT2D eigenvalue weighted by Crippen LogP contribution is 2.29. The van der Waals surface area contributed by atoms with Gasteiger partial charge in [0.15, 0.2) is 0 Å². The second-order valence-corrected chi connectivity index (χ2v) is 7.56. The SMILES string of the molecule is Cc1cccc(CN2CC[C@H]3C(=O)N(c4ccsc4)CCO[C@H]3C2)n1. The predicted octanol–water partition coefficient (Wildman–Crippen LogP) is 2.71. The average molecular weight is 357 g/mol. The first kappa shape index (κ1) is 16.7. The summed E-state index contributed by atoms with van der Waals surface area (Å²) in [6, 6.07) is 8.15. The van der Waals surface area contributed by atoms with E-state index >= 15 is 0 Å². The van der Waals surface area contributed by atoms with Gasteiger partial charge in [0, 0.05) is 30.7 Å². The number of rotatable bonds is 3. The highest BCUT2D eigenvalue weighted by molar-refractivity contribution is 7.08. The van der Waals surface area contributed by atoms with Gasteiger partial charge in [-0.2, -0.15) is 11.3 Å². The fraction of sp³-hybridized carbons (Fsp3) is 0.474. The van der Waals surface area contributed by atoms with Crippen molar-refractivity contribution in [1.29, 1.82) is 0 Å². The number of aryl methyl sites for hydroxylation is 1. The number of ether oxygens (including phenoxy) is 1. The zero-order valence-electron chi connectivity index (χ0n) is 14.4. The molecule has 0 radical (unpaired) electrons. The normalized spacial score (nSPS) is 24.8. The number of carbonyl (C=O) groups is 1. The molecule has 25 heavy (non-hydrogen) atoms. The minimum absolute atomic E-state index is 0.0188. The first-order valence-electron chi connectivity index (χ1n) is 8.81. The molecular formula is C19H23N3O2S. The van der Waals surface area contributed by atoms with Crippen LogP contribution in [0.3, 0.4) is 0 Å². The molecule has 0 aliphatic carbocycles. The highest BCUT2D eigenvalue weighted by Gasteiger charge is 2.39. The summed E-state index contributed by atoms with van der Waals surface area (Å²) in [6.07, 6.45) is 0.824. The molecule has 0 aromatic carbocycles. The van der Waals surface area contributed by atoms with Gasteiger partial charge in [-0.3, -0.25) is 14.7 Å². The molecule has 5 nitrogen and oxygen atoms in total. The van der Waals surface area contributed by atoms with Gasteiger partial charge in [0.25, 0.3) is 0 Å². The van der Waals surface area contributed by atoms with Gasteiger partial charge < -0.3 is 9.64 Å². The number of pyridine rings is 1. The lowest BCUT2D eigenvalue weighted by Crippen LogP contribution is -2.49. The highest BCUT2D eigenvalue weighted by atomic mass is 32.1. The molecular weight excluding hydrogens is 334 g/mol. The lowest BCUT2D eigenvalue weighted by Gasteiger charge is -2.36. The van der Waals surface area contributed by atoms with Crippen LogP contribution in [0.1, 0.15) is 17.8 Å². The predicted molar refractivity (Wildman–Crippen MR) is 98.8 cm³/mol. The van der Waals surface area contributed by atoms with E-state index in [-0.39, 0.29) is 17.9 Å². The molecule has 0 bridgehead atoms. The molecule has 2 aliphatic rings. The van der Waals surface area contributed by atoms with Gasteiger partial charge in [-0.1, -0.05) is 6.07 Å². The fourth-order valence-electron chi connectivity index (χ4n) is 3.77. The molecule has 2 aromatic rings. The number of nitrogens with zero attached hydrogens (tertiary/aromatic N) is 3. The molecule has 132 valence electrons. The number of thiophene rings is 1. The number of likely N-dealkylation sites (tertiary alicyclic amines) is 1. The van der Waals surface area contributed by atoms with E-state index in [4.69, 9.17) is 4.74 Å². The van der Waals surface area contributed by atoms with Gasteiger partial charge in [-0.25, -0.2) is 0 Å². The third-order valence-electron chi connectivity index (χ3n) is 5.02. The van der Waals surface area contributed by atoms with Crippen molar-refractivity contribution in [3.63, 3.8) is 0 Å². The Hall–Kier alpha value is -1.76. The molecule has 2 aliphatic heterocycles. The Balaban J connectivity index is 1.44. The van der Waals surface area contributed by atoms with E-state index in [1.807, 2.05) is 34.7 Å². The Kier molecular flexibility index (Phi) is 4.83. The zero-order valence-corrected chi connectivity index (χ0v) is 15.2. The third-order valence-corrected chi connectivity index (χ3v) is 5.69. The molecule has 0 N–H and O–H groups in total. The summed E-state index contributed by atoms with van der Waals surface area (Å²) in [7, 11) is 0. The maximum atomic E-state index is 13.0. The van der Waals surface area contributed by atoms with Crippen molar-refractivity contribution >= 4 is 22.9 Å². The topological polar surface area (TPSA) is 45.7 Å². The van der Waals surface area contributed by atoms with E-state index in [9.17, 15) is 4.79 Å². The van der Waals surface area contributed by atoms with E-state index < -0.39 is 0 Å². The minimum atomic E-state index is -0.0379. The van der Waals surface area contributed by atoms with Gasteiger partial charge in [0.2, 0.25) is 5.91 Å². The van der Waals surface area contributed by atoms with E-state index in [1.165, 1.54) is 0 Å². The summed E-state index contributed by atoms with van der Waals surface area (Å²) < 4.78 is 6.08. The van der Waals surface area contributed by atoms with Crippen LogP contribution in [-0.4, -0.2) is 48.1 Å². The van der Waals surface area contributed by atoms with Crippen LogP contribution in [0.15, 0.2) is 35.0 Å². The molecule has 4 rings (SSSR count). The van der Waals surface area contributed by atoms with Crippen molar-refractivity contribution in [3.05, 3.63) is 46.4 Å². The summed E-state index contributed by atoms with van der Waals surface area (Å²) in [5.74, 6) is 0.179. The van der Waals surface area contributed by atoms with Crippen molar-refractivity contribution in [2.24, 2.45) is 5.92 Å². The van der Waals surface area contributed by atoms with Crippen LogP contribution in [-0.2, 0) is 16.1 Å². The molecule has 2 fully saturated rings. The number of piperidine rings is 1. The molecule has 2 aromatic heterocycles. The van der Waals surface area contributed by atoms with Crippen LogP contribution >= 0.6 is 11.3 Å². The lowest BCUT2D eigenvalue weighted by molar-refractivity contribution is -0.128. The number of carbonyl (C=O) groups excluding carboxylic acids is 1. The van der Waals surface area contributed by atoms with E-state index in [1.54, 1.807) is 11.3 Å². The summed E-state index contributed by atoms with van der Waals surface area (Å²) in [5, 5.41) is 4.06. The second kappa shape index (κ2) is 7.23. The van der Waals surface area contributed by atoms with Crippen LogP contribution in [0, 0.1) is 12.8 Å². The quantitative estimate of drug-likeness (QED) is 0.847. The summed E-state index contributed by atoms with van der Waals surface area (Å²) in [4.78, 5) is 21.9. The molecule has 4 heterocycles. The first-order valence-corrected chi connectivity index (χ1v) is 9.75. The molecule has 0 saturated carbocycles. The molecule has 6 heteroatoms. The van der Waals surface area contributed by atoms with Crippen molar-refractivity contribution in [1.82, 2.24) is 9.88 Å². The molecule has 1 amide bonds. The van der Waals surface area contributed by atoms with Crippen LogP contribution < -0.4 is 4.90 Å². The fourth-order valence-corrected chi connectivity index (χ4v) is 4.41. The van der Waals surface area contributed by atoms with Gasteiger partial charge in [0.05, 0.1) is 30.0 Å². The Morgan fingerprint density at radius 1 is 1.32 bits per heavy atom. The van der Waals surface area contributed by atoms with Crippen LogP contribution in [0.2, 0.25) is 0 Å². The minimum Gasteiger partial charge on any atom is -0.374 e. The lowest BCUT2D eigenvalue weighted by atomic mass is 9.92. The van der Waals surface area contributed by atoms with Gasteiger partial charge in [-0.15, -0.1) is 0 Å². The van der Waals surface area contributed by atoms with Crippen LogP contribution in [0.25, 0.3) is 0 Å². The van der Waals surface area contributed by atoms with Crippen molar-refractivity contribution in [2.45, 2.75) is 26.0 Å². The largest absolute Gasteiger partial charge is 0.374 e. The van der Waals surface area contributed by atoms with Gasteiger partial charge >= 0.3 is 0 Å². The maximum absolute atomic E-state index is 13.0. The summed E-state index contributed by atoms with van der Waals surface area (Å²) in [6.45, 7) is 5.77. The van der Waals surface area contributed by atoms with E-state index in [0.29, 0.717) is 13.2 Å². The van der Waals surface area contributed by atoms with E-state index in [0.717, 1.165) is 43.1 Å². The summed E-state index contributed by atoms with van der Waals surface area (Å²) >= 11 is 1.62. The Bertz CT molecular complexity index is 734. The molecule has 2 atom stereocenters. The molecule has 0 unspecified atom stereocenters. The van der Waals surface area contributed by atoms with Gasteiger partial charge in [0.1, 0.15) is 0 Å². The summed E-state index contributed by atoms with van der Waals surface area (Å²) in [5.41, 5.74) is 3.13. The van der Waals surface area contributed by atoms with Crippen LogP contribution in [0.5, 0.6) is 0 Å². The number of aromatic nitrogens is 1. The van der Waals surface area contributed by atoms with Gasteiger partial charge in [-0.05, 0) is 43.5 Å². The number of amides is 1. The number of hydrogen-bond acceptors (Lipinski definition) is 5. The van der Waals surface area contributed by atoms with Crippen molar-refractivity contribution < 1.29 is 9.53 Å². The Morgan fingerprint density at radius 2 is 2.24 bits per heavy atom. The van der Waals surface area contributed by atoms with E-state index in [2.05, 4.69) is 22.0 Å². The molecule has 2 saturated heterocycles. The monoisotopic (exact) mass is 357 g/mol. The zero-order chi connectivity index (χ0) is 17.2. The number of fused-ring (bicyclic) bond motifs is 1. The standard InChI is InChI=1S/C19H23N3O2S/c1-14-3-2-4-15(20-14)11-21-7-5-17-18(12-21)24-9-8-22(19(17)23)16-6-10-25-13-16/h2-4,6,10,13,17-18H,5,7-9,11-12H2,1H3/t17-,18+/m1/s1. The number of anilines is 1. The average Bonchev–Trinajstić information content (AvgIpc) is 3.07. The first-order chi connectivity index (χ1) is 12.2. The Morgan fingerprint density at radius 3 is 3.04 bits per heavy atom. The third kappa shape index (κ3) is 3.61. The van der Waals surface area contributed by atoms with Crippen molar-refractivity contribution in [2.75, 3.05) is 31.1 Å². The maximum Gasteiger partial charge on any atom is 0.232 e.